The predicted octanol–water partition coefficient (Wildman–Crippen LogP) is 1.78. The highest BCUT2D eigenvalue weighted by molar-refractivity contribution is 6.30. The quantitative estimate of drug-likeness (QED) is 0.730. The molecule has 0 amide bonds. The van der Waals surface area contributed by atoms with Gasteiger partial charge in [-0.1, -0.05) is 11.6 Å². The van der Waals surface area contributed by atoms with Crippen LogP contribution < -0.4 is 10.5 Å². The van der Waals surface area contributed by atoms with Gasteiger partial charge in [-0.15, -0.1) is 0 Å². The number of nitrogens with zero attached hydrogens (tertiary/aromatic N) is 4. The van der Waals surface area contributed by atoms with Crippen LogP contribution in [0.4, 0.5) is 5.95 Å². The largest absolute Gasteiger partial charge is 0.436 e. The fraction of sp³-hybridized carbons (Fsp3) is 0. The molecule has 0 bridgehead atoms. The number of aromatic amines is 1. The molecule has 0 aliphatic carbocycles. The number of rotatable bonds is 2. The topological polar surface area (TPSA) is 103 Å². The van der Waals surface area contributed by atoms with Crippen molar-refractivity contribution in [2.45, 2.75) is 0 Å². The van der Waals surface area contributed by atoms with Crippen LogP contribution in [0.2, 0.25) is 5.02 Å². The molecule has 3 N–H and O–H groups in total. The van der Waals surface area contributed by atoms with Gasteiger partial charge in [-0.05, 0) is 0 Å². The lowest BCUT2D eigenvalue weighted by Gasteiger charge is -2.05. The van der Waals surface area contributed by atoms with Gasteiger partial charge in [0.1, 0.15) is 11.1 Å². The van der Waals surface area contributed by atoms with Crippen LogP contribution in [0.1, 0.15) is 0 Å². The molecule has 0 aromatic carbocycles. The molecule has 0 atom stereocenters. The SMILES string of the molecule is Nc1nc(Oc2cncc(Cl)c2)c2cn[nH]c2n1. The maximum Gasteiger partial charge on any atom is 0.235 e. The minimum absolute atomic E-state index is 0.0942. The molecule has 0 aliphatic rings. The highest BCUT2D eigenvalue weighted by Crippen LogP contribution is 2.27. The maximum absolute atomic E-state index is 5.82. The Morgan fingerprint density at radius 2 is 2.11 bits per heavy atom. The second kappa shape index (κ2) is 4.11. The molecule has 0 aliphatic heterocycles. The van der Waals surface area contributed by atoms with Crippen molar-refractivity contribution in [3.8, 4) is 11.6 Å². The van der Waals surface area contributed by atoms with Crippen LogP contribution in [0, 0.1) is 0 Å². The summed E-state index contributed by atoms with van der Waals surface area (Å²) < 4.78 is 5.57. The van der Waals surface area contributed by atoms with Crippen LogP contribution in [0.5, 0.6) is 11.6 Å². The fourth-order valence-electron chi connectivity index (χ4n) is 1.46. The fourth-order valence-corrected chi connectivity index (χ4v) is 1.63. The van der Waals surface area contributed by atoms with Gasteiger partial charge in [-0.25, -0.2) is 0 Å². The Kier molecular flexibility index (Phi) is 2.45. The van der Waals surface area contributed by atoms with Crippen molar-refractivity contribution in [3.05, 3.63) is 29.7 Å². The molecule has 0 saturated carbocycles. The van der Waals surface area contributed by atoms with E-state index in [0.29, 0.717) is 27.7 Å². The van der Waals surface area contributed by atoms with Crippen LogP contribution in [-0.2, 0) is 0 Å². The van der Waals surface area contributed by atoms with E-state index in [1.165, 1.54) is 12.4 Å². The number of nitrogens with one attached hydrogen (secondary N) is 1. The molecule has 0 spiro atoms. The van der Waals surface area contributed by atoms with Gasteiger partial charge in [0.05, 0.1) is 17.4 Å². The van der Waals surface area contributed by atoms with E-state index in [-0.39, 0.29) is 5.95 Å². The molecule has 3 heterocycles. The van der Waals surface area contributed by atoms with E-state index in [1.54, 1.807) is 12.3 Å². The number of hydrogen-bond acceptors (Lipinski definition) is 6. The van der Waals surface area contributed by atoms with E-state index >= 15 is 0 Å². The molecule has 8 heteroatoms. The highest BCUT2D eigenvalue weighted by atomic mass is 35.5. The lowest BCUT2D eigenvalue weighted by Crippen LogP contribution is -1.98. The number of hydrogen-bond donors (Lipinski definition) is 2. The number of nitrogens with two attached hydrogens (primary N) is 1. The van der Waals surface area contributed by atoms with E-state index in [9.17, 15) is 0 Å². The van der Waals surface area contributed by atoms with Crippen molar-refractivity contribution in [2.24, 2.45) is 0 Å². The zero-order chi connectivity index (χ0) is 12.5. The van der Waals surface area contributed by atoms with Crippen molar-refractivity contribution >= 4 is 28.6 Å². The van der Waals surface area contributed by atoms with Crippen molar-refractivity contribution in [2.75, 3.05) is 5.73 Å². The van der Waals surface area contributed by atoms with Gasteiger partial charge in [0.15, 0.2) is 5.65 Å². The third-order valence-corrected chi connectivity index (χ3v) is 2.39. The maximum atomic E-state index is 5.82. The van der Waals surface area contributed by atoms with Crippen LogP contribution in [0.3, 0.4) is 0 Å². The first-order valence-corrected chi connectivity index (χ1v) is 5.35. The molecule has 0 fully saturated rings. The Morgan fingerprint density at radius 3 is 2.94 bits per heavy atom. The Morgan fingerprint density at radius 1 is 1.22 bits per heavy atom. The molecule has 3 aromatic heterocycles. The average Bonchev–Trinajstić information content (AvgIpc) is 2.77. The first kappa shape index (κ1) is 10.7. The van der Waals surface area contributed by atoms with Gasteiger partial charge in [-0.2, -0.15) is 15.1 Å². The van der Waals surface area contributed by atoms with Crippen molar-refractivity contribution in [3.63, 3.8) is 0 Å². The molecule has 90 valence electrons. The smallest absolute Gasteiger partial charge is 0.235 e. The van der Waals surface area contributed by atoms with Crippen molar-refractivity contribution in [1.82, 2.24) is 25.1 Å². The van der Waals surface area contributed by atoms with E-state index < -0.39 is 0 Å². The third-order valence-electron chi connectivity index (χ3n) is 2.19. The summed E-state index contributed by atoms with van der Waals surface area (Å²) in [5, 5.41) is 7.65. The van der Waals surface area contributed by atoms with Crippen molar-refractivity contribution in [1.29, 1.82) is 0 Å². The summed E-state index contributed by atoms with van der Waals surface area (Å²) in [4.78, 5) is 11.9. The van der Waals surface area contributed by atoms with Crippen molar-refractivity contribution < 1.29 is 4.74 Å². The Balaban J connectivity index is 2.06. The molecule has 3 aromatic rings. The van der Waals surface area contributed by atoms with Crippen LogP contribution in [0.15, 0.2) is 24.7 Å². The molecular formula is C10H7ClN6O. The second-order valence-corrected chi connectivity index (χ2v) is 3.90. The minimum atomic E-state index is 0.0942. The summed E-state index contributed by atoms with van der Waals surface area (Å²) in [5.41, 5.74) is 6.08. The predicted molar refractivity (Wildman–Crippen MR) is 65.4 cm³/mol. The van der Waals surface area contributed by atoms with Crippen LogP contribution in [-0.4, -0.2) is 25.1 Å². The molecule has 18 heavy (non-hydrogen) atoms. The first-order chi connectivity index (χ1) is 8.72. The average molecular weight is 263 g/mol. The monoisotopic (exact) mass is 262 g/mol. The zero-order valence-corrected chi connectivity index (χ0v) is 9.72. The molecule has 0 radical (unpaired) electrons. The lowest BCUT2D eigenvalue weighted by atomic mass is 10.4. The number of ether oxygens (including phenoxy) is 1. The lowest BCUT2D eigenvalue weighted by molar-refractivity contribution is 0.467. The number of anilines is 1. The van der Waals surface area contributed by atoms with Crippen LogP contribution in [0.25, 0.3) is 11.0 Å². The van der Waals surface area contributed by atoms with Crippen LogP contribution >= 0.6 is 11.6 Å². The third kappa shape index (κ3) is 1.91. The summed E-state index contributed by atoms with van der Waals surface area (Å²) >= 11 is 5.82. The van der Waals surface area contributed by atoms with Gasteiger partial charge in [-0.3, -0.25) is 10.1 Å². The summed E-state index contributed by atoms with van der Waals surface area (Å²) in [5.74, 6) is 0.857. The summed E-state index contributed by atoms with van der Waals surface area (Å²) in [7, 11) is 0. The van der Waals surface area contributed by atoms with E-state index in [1.807, 2.05) is 0 Å². The molecular weight excluding hydrogens is 256 g/mol. The summed E-state index contributed by atoms with van der Waals surface area (Å²) in [6.07, 6.45) is 4.59. The minimum Gasteiger partial charge on any atom is -0.436 e. The van der Waals surface area contributed by atoms with Gasteiger partial charge >= 0.3 is 0 Å². The molecule has 0 unspecified atom stereocenters. The molecule has 7 nitrogen and oxygen atoms in total. The van der Waals surface area contributed by atoms with Gasteiger partial charge < -0.3 is 10.5 Å². The number of nitrogen functional groups attached to an aromatic ring is 1. The Labute approximate surface area is 106 Å². The summed E-state index contributed by atoms with van der Waals surface area (Å²) in [6.45, 7) is 0. The Bertz CT molecular complexity index is 712. The van der Waals surface area contributed by atoms with E-state index in [4.69, 9.17) is 22.1 Å². The van der Waals surface area contributed by atoms with Gasteiger partial charge in [0.25, 0.3) is 0 Å². The van der Waals surface area contributed by atoms with E-state index in [0.717, 1.165) is 0 Å². The molecule has 0 saturated heterocycles. The summed E-state index contributed by atoms with van der Waals surface area (Å²) in [6, 6.07) is 1.62. The number of halogens is 1. The standard InChI is InChI=1S/C10H7ClN6O/c11-5-1-6(3-13-2-5)18-9-7-4-14-17-8(7)15-10(12)16-9/h1-4H,(H3,12,14,15,16,17). The normalized spacial score (nSPS) is 10.7. The molecule has 3 rings (SSSR count). The number of pyridine rings is 1. The number of fused-ring (bicyclic) bond motifs is 1. The van der Waals surface area contributed by atoms with Gasteiger partial charge in [0, 0.05) is 12.3 Å². The van der Waals surface area contributed by atoms with E-state index in [2.05, 4.69) is 25.1 Å². The van der Waals surface area contributed by atoms with Gasteiger partial charge in [0.2, 0.25) is 11.8 Å². The first-order valence-electron chi connectivity index (χ1n) is 4.97. The highest BCUT2D eigenvalue weighted by Gasteiger charge is 2.10. The second-order valence-electron chi connectivity index (χ2n) is 3.46. The number of aromatic nitrogens is 5. The number of H-pyrrole nitrogens is 1. The Hall–Kier alpha value is -2.41. The zero-order valence-electron chi connectivity index (χ0n) is 8.96.